The molecule has 52 valence electrons. The molecular weight excluding hydrogens is 227 g/mol. The topological polar surface area (TPSA) is 17.1 Å². The van der Waals surface area contributed by atoms with Crippen LogP contribution in [0.4, 0.5) is 0 Å². The van der Waals surface area contributed by atoms with Crippen LogP contribution < -0.4 is 0 Å². The number of rotatable bonds is 0. The Morgan fingerprint density at radius 1 is 1.67 bits per heavy atom. The van der Waals surface area contributed by atoms with Gasteiger partial charge in [0.25, 0.3) is 0 Å². The molecule has 1 aliphatic carbocycles. The number of ketones is 1. The Bertz CT molecular complexity index is 122. The van der Waals surface area contributed by atoms with E-state index in [1.54, 1.807) is 0 Å². The molecule has 0 radical (unpaired) electrons. The minimum Gasteiger partial charge on any atom is -0.299 e. The molecule has 2 heteroatoms. The number of alkyl halides is 1. The first-order valence-electron chi connectivity index (χ1n) is 3.37. The van der Waals surface area contributed by atoms with Gasteiger partial charge in [0.15, 0.2) is 0 Å². The summed E-state index contributed by atoms with van der Waals surface area (Å²) in [5.41, 5.74) is 0. The third-order valence-electron chi connectivity index (χ3n) is 1.84. The first-order chi connectivity index (χ1) is 4.20. The Morgan fingerprint density at radius 3 is 2.78 bits per heavy atom. The van der Waals surface area contributed by atoms with E-state index >= 15 is 0 Å². The minimum absolute atomic E-state index is 0.311. The largest absolute Gasteiger partial charge is 0.299 e. The quantitative estimate of drug-likeness (QED) is 0.467. The molecule has 0 aromatic carbocycles. The highest BCUT2D eigenvalue weighted by Crippen LogP contribution is 2.25. The van der Waals surface area contributed by atoms with Crippen molar-refractivity contribution in [1.82, 2.24) is 0 Å². The van der Waals surface area contributed by atoms with Gasteiger partial charge in [0.1, 0.15) is 5.78 Å². The highest BCUT2D eigenvalue weighted by Gasteiger charge is 2.23. The molecule has 0 aliphatic heterocycles. The predicted molar refractivity (Wildman–Crippen MR) is 45.8 cm³/mol. The van der Waals surface area contributed by atoms with Gasteiger partial charge in [-0.25, -0.2) is 0 Å². The van der Waals surface area contributed by atoms with E-state index in [9.17, 15) is 4.79 Å². The molecule has 0 N–H and O–H groups in total. The van der Waals surface area contributed by atoms with Crippen LogP contribution in [0, 0.1) is 5.92 Å². The first-order valence-corrected chi connectivity index (χ1v) is 4.61. The first kappa shape index (κ1) is 7.51. The lowest BCUT2D eigenvalue weighted by Gasteiger charge is -2.20. The second-order valence-corrected chi connectivity index (χ2v) is 4.32. The van der Waals surface area contributed by atoms with E-state index in [0.29, 0.717) is 9.71 Å². The summed E-state index contributed by atoms with van der Waals surface area (Å²) in [6.45, 7) is 2.22. The molecule has 0 amide bonds. The molecule has 1 aliphatic rings. The fourth-order valence-corrected chi connectivity index (χ4v) is 2.33. The van der Waals surface area contributed by atoms with Crippen molar-refractivity contribution < 1.29 is 4.79 Å². The van der Waals surface area contributed by atoms with Crippen LogP contribution in [0.5, 0.6) is 0 Å². The van der Waals surface area contributed by atoms with Crippen molar-refractivity contribution >= 4 is 28.4 Å². The monoisotopic (exact) mass is 238 g/mol. The van der Waals surface area contributed by atoms with Crippen molar-refractivity contribution in [2.75, 3.05) is 0 Å². The second-order valence-electron chi connectivity index (χ2n) is 2.81. The van der Waals surface area contributed by atoms with E-state index in [4.69, 9.17) is 0 Å². The van der Waals surface area contributed by atoms with Crippen molar-refractivity contribution in [3.05, 3.63) is 0 Å². The summed E-state index contributed by atoms with van der Waals surface area (Å²) in [4.78, 5) is 10.9. The van der Waals surface area contributed by atoms with E-state index in [-0.39, 0.29) is 0 Å². The van der Waals surface area contributed by atoms with Crippen LogP contribution in [-0.2, 0) is 4.79 Å². The zero-order valence-corrected chi connectivity index (χ0v) is 7.72. The molecule has 1 nitrogen and oxygen atoms in total. The second kappa shape index (κ2) is 2.99. The van der Waals surface area contributed by atoms with E-state index in [0.717, 1.165) is 25.2 Å². The average Bonchev–Trinajstić information content (AvgIpc) is 1.80. The van der Waals surface area contributed by atoms with Gasteiger partial charge in [-0.2, -0.15) is 0 Å². The molecule has 0 spiro atoms. The SMILES string of the molecule is CC1CCC(=O)C(I)C1. The Hall–Kier alpha value is 0.400. The molecule has 2 atom stereocenters. The Kier molecular flexibility index (Phi) is 2.50. The Morgan fingerprint density at radius 2 is 2.33 bits per heavy atom. The van der Waals surface area contributed by atoms with Gasteiger partial charge in [-0.1, -0.05) is 29.5 Å². The van der Waals surface area contributed by atoms with Crippen molar-refractivity contribution in [2.45, 2.75) is 30.1 Å². The van der Waals surface area contributed by atoms with Crippen LogP contribution in [0.3, 0.4) is 0 Å². The highest BCUT2D eigenvalue weighted by atomic mass is 127. The molecule has 1 rings (SSSR count). The van der Waals surface area contributed by atoms with E-state index in [2.05, 4.69) is 29.5 Å². The van der Waals surface area contributed by atoms with Crippen molar-refractivity contribution in [3.8, 4) is 0 Å². The number of Topliss-reactive ketones (excluding diaryl/α,β-unsaturated/α-hetero) is 1. The van der Waals surface area contributed by atoms with Crippen molar-refractivity contribution in [3.63, 3.8) is 0 Å². The summed E-state index contributed by atoms with van der Waals surface area (Å²) in [5, 5.41) is 0. The molecule has 0 bridgehead atoms. The van der Waals surface area contributed by atoms with E-state index in [1.165, 1.54) is 0 Å². The molecule has 0 saturated heterocycles. The summed E-state index contributed by atoms with van der Waals surface area (Å²) < 4.78 is 0.311. The normalized spacial score (nSPS) is 36.9. The van der Waals surface area contributed by atoms with Gasteiger partial charge in [-0.05, 0) is 18.8 Å². The molecule has 0 aromatic rings. The summed E-state index contributed by atoms with van der Waals surface area (Å²) in [7, 11) is 0. The number of hydrogen-bond donors (Lipinski definition) is 0. The van der Waals surface area contributed by atoms with Crippen LogP contribution in [0.25, 0.3) is 0 Å². The summed E-state index contributed by atoms with van der Waals surface area (Å²) in [6.07, 6.45) is 3.02. The van der Waals surface area contributed by atoms with Crippen LogP contribution in [0.15, 0.2) is 0 Å². The number of halogens is 1. The summed E-state index contributed by atoms with van der Waals surface area (Å²) in [5.74, 6) is 1.22. The highest BCUT2D eigenvalue weighted by molar-refractivity contribution is 14.1. The lowest BCUT2D eigenvalue weighted by atomic mass is 9.90. The van der Waals surface area contributed by atoms with Crippen LogP contribution >= 0.6 is 22.6 Å². The number of carbonyl (C=O) groups excluding carboxylic acids is 1. The number of carbonyl (C=O) groups is 1. The van der Waals surface area contributed by atoms with Crippen molar-refractivity contribution in [1.29, 1.82) is 0 Å². The molecule has 1 fully saturated rings. The van der Waals surface area contributed by atoms with Gasteiger partial charge in [-0.3, -0.25) is 4.79 Å². The van der Waals surface area contributed by atoms with E-state index in [1.807, 2.05) is 0 Å². The summed E-state index contributed by atoms with van der Waals surface area (Å²) >= 11 is 2.25. The maximum absolute atomic E-state index is 10.9. The molecule has 9 heavy (non-hydrogen) atoms. The van der Waals surface area contributed by atoms with E-state index < -0.39 is 0 Å². The fourth-order valence-electron chi connectivity index (χ4n) is 1.15. The van der Waals surface area contributed by atoms with Crippen molar-refractivity contribution in [2.24, 2.45) is 5.92 Å². The maximum atomic E-state index is 10.9. The molecule has 0 aromatic heterocycles. The predicted octanol–water partition coefficient (Wildman–Crippen LogP) is 2.18. The molecule has 0 heterocycles. The molecule has 2 unspecified atom stereocenters. The average molecular weight is 238 g/mol. The van der Waals surface area contributed by atoms with Gasteiger partial charge in [-0.15, -0.1) is 0 Å². The number of hydrogen-bond acceptors (Lipinski definition) is 1. The Balaban J connectivity index is 2.44. The van der Waals surface area contributed by atoms with Gasteiger partial charge in [0.05, 0.1) is 3.92 Å². The van der Waals surface area contributed by atoms with Crippen LogP contribution in [-0.4, -0.2) is 9.71 Å². The lowest BCUT2D eigenvalue weighted by molar-refractivity contribution is -0.119. The standard InChI is InChI=1S/C7H11IO/c1-5-2-3-7(9)6(8)4-5/h5-6H,2-4H2,1H3. The third-order valence-corrected chi connectivity index (χ3v) is 3.05. The van der Waals surface area contributed by atoms with Crippen LogP contribution in [0.1, 0.15) is 26.2 Å². The zero-order valence-electron chi connectivity index (χ0n) is 5.56. The third kappa shape index (κ3) is 1.92. The Labute approximate surface area is 69.3 Å². The fraction of sp³-hybridized carbons (Fsp3) is 0.857. The van der Waals surface area contributed by atoms with Gasteiger partial charge in [0.2, 0.25) is 0 Å². The lowest BCUT2D eigenvalue weighted by Crippen LogP contribution is -2.22. The van der Waals surface area contributed by atoms with Gasteiger partial charge >= 0.3 is 0 Å². The van der Waals surface area contributed by atoms with Gasteiger partial charge in [0, 0.05) is 6.42 Å². The van der Waals surface area contributed by atoms with Gasteiger partial charge < -0.3 is 0 Å². The maximum Gasteiger partial charge on any atom is 0.145 e. The molecule has 1 saturated carbocycles. The smallest absolute Gasteiger partial charge is 0.145 e. The molecular formula is C7H11IO. The zero-order chi connectivity index (χ0) is 6.85. The summed E-state index contributed by atoms with van der Waals surface area (Å²) in [6, 6.07) is 0. The minimum atomic E-state index is 0.311. The van der Waals surface area contributed by atoms with Crippen LogP contribution in [0.2, 0.25) is 0 Å².